The molecule has 3 nitrogen and oxygen atoms in total. The lowest BCUT2D eigenvalue weighted by Gasteiger charge is -2.28. The largest absolute Gasteiger partial charge is 0.370 e. The molecular formula is C15H27N3. The van der Waals surface area contributed by atoms with Crippen molar-refractivity contribution >= 4 is 5.69 Å². The van der Waals surface area contributed by atoms with E-state index in [-0.39, 0.29) is 0 Å². The molecule has 1 saturated heterocycles. The monoisotopic (exact) mass is 249 g/mol. The molecule has 1 aliphatic heterocycles. The van der Waals surface area contributed by atoms with Gasteiger partial charge in [0.05, 0.1) is 11.9 Å². The van der Waals surface area contributed by atoms with Gasteiger partial charge in [0.1, 0.15) is 0 Å². The molecular weight excluding hydrogens is 222 g/mol. The molecule has 0 aliphatic carbocycles. The highest BCUT2D eigenvalue weighted by Crippen LogP contribution is 2.20. The SMILES string of the molecule is CC(C)c1ccc(N2CCCCC2)cn1.CNC. The molecule has 1 fully saturated rings. The molecule has 0 spiro atoms. The van der Waals surface area contributed by atoms with E-state index in [1.54, 1.807) is 0 Å². The molecule has 0 unspecified atom stereocenters. The van der Waals surface area contributed by atoms with Crippen LogP contribution in [0.25, 0.3) is 0 Å². The predicted octanol–water partition coefficient (Wildman–Crippen LogP) is 3.03. The first kappa shape index (κ1) is 15.0. The third kappa shape index (κ3) is 4.65. The molecule has 0 radical (unpaired) electrons. The molecule has 0 bridgehead atoms. The topological polar surface area (TPSA) is 28.2 Å². The Morgan fingerprint density at radius 3 is 2.17 bits per heavy atom. The van der Waals surface area contributed by atoms with Crippen LogP contribution in [0.1, 0.15) is 44.7 Å². The summed E-state index contributed by atoms with van der Waals surface area (Å²) >= 11 is 0. The average Bonchev–Trinajstić information content (AvgIpc) is 2.41. The molecule has 1 N–H and O–H groups in total. The first-order valence-electron chi connectivity index (χ1n) is 6.98. The Morgan fingerprint density at radius 2 is 1.72 bits per heavy atom. The molecule has 0 saturated carbocycles. The molecule has 1 aromatic rings. The quantitative estimate of drug-likeness (QED) is 0.873. The lowest BCUT2D eigenvalue weighted by Crippen LogP contribution is -2.29. The van der Waals surface area contributed by atoms with Gasteiger partial charge >= 0.3 is 0 Å². The van der Waals surface area contributed by atoms with Crippen LogP contribution in [0.4, 0.5) is 5.69 Å². The highest BCUT2D eigenvalue weighted by atomic mass is 15.1. The summed E-state index contributed by atoms with van der Waals surface area (Å²) in [6.07, 6.45) is 6.06. The van der Waals surface area contributed by atoms with Gasteiger partial charge in [-0.25, -0.2) is 0 Å². The van der Waals surface area contributed by atoms with Gasteiger partial charge in [0.25, 0.3) is 0 Å². The van der Waals surface area contributed by atoms with Crippen LogP contribution in [0.5, 0.6) is 0 Å². The summed E-state index contributed by atoms with van der Waals surface area (Å²) in [6.45, 7) is 6.76. The number of nitrogens with one attached hydrogen (secondary N) is 1. The molecule has 3 heteroatoms. The molecule has 2 heterocycles. The first-order valence-corrected chi connectivity index (χ1v) is 6.98. The van der Waals surface area contributed by atoms with E-state index in [0.717, 1.165) is 0 Å². The maximum atomic E-state index is 4.51. The average molecular weight is 249 g/mol. The maximum Gasteiger partial charge on any atom is 0.0552 e. The van der Waals surface area contributed by atoms with Crippen molar-refractivity contribution in [1.82, 2.24) is 10.3 Å². The van der Waals surface area contributed by atoms with E-state index < -0.39 is 0 Å². The summed E-state index contributed by atoms with van der Waals surface area (Å²) in [7, 11) is 3.75. The summed E-state index contributed by atoms with van der Waals surface area (Å²) in [4.78, 5) is 6.96. The van der Waals surface area contributed by atoms with E-state index in [1.165, 1.54) is 43.7 Å². The second-order valence-corrected chi connectivity index (χ2v) is 5.14. The van der Waals surface area contributed by atoms with Crippen molar-refractivity contribution in [3.63, 3.8) is 0 Å². The normalized spacial score (nSPS) is 15.3. The highest BCUT2D eigenvalue weighted by molar-refractivity contribution is 5.45. The molecule has 1 aliphatic rings. The molecule has 102 valence electrons. The Bertz CT molecular complexity index is 313. The minimum atomic E-state index is 0.528. The molecule has 18 heavy (non-hydrogen) atoms. The van der Waals surface area contributed by atoms with Crippen molar-refractivity contribution in [1.29, 1.82) is 0 Å². The fourth-order valence-corrected chi connectivity index (χ4v) is 2.08. The van der Waals surface area contributed by atoms with Crippen LogP contribution in [0, 0.1) is 0 Å². The lowest BCUT2D eigenvalue weighted by atomic mass is 10.1. The second-order valence-electron chi connectivity index (χ2n) is 5.14. The van der Waals surface area contributed by atoms with Crippen LogP contribution in [0.15, 0.2) is 18.3 Å². The number of pyridine rings is 1. The zero-order valence-corrected chi connectivity index (χ0v) is 12.2. The summed E-state index contributed by atoms with van der Waals surface area (Å²) in [5.41, 5.74) is 2.48. The van der Waals surface area contributed by atoms with Gasteiger partial charge in [-0.1, -0.05) is 13.8 Å². The molecule has 0 atom stereocenters. The van der Waals surface area contributed by atoms with Crippen LogP contribution >= 0.6 is 0 Å². The van der Waals surface area contributed by atoms with Gasteiger partial charge in [0.15, 0.2) is 0 Å². The van der Waals surface area contributed by atoms with Gasteiger partial charge in [-0.05, 0) is 51.4 Å². The third-order valence-electron chi connectivity index (χ3n) is 3.08. The van der Waals surface area contributed by atoms with E-state index in [0.29, 0.717) is 5.92 Å². The minimum absolute atomic E-state index is 0.528. The molecule has 0 aromatic carbocycles. The zero-order chi connectivity index (χ0) is 13.4. The number of anilines is 1. The van der Waals surface area contributed by atoms with E-state index in [1.807, 2.05) is 20.3 Å². The fourth-order valence-electron chi connectivity index (χ4n) is 2.08. The Kier molecular flexibility index (Phi) is 6.73. The molecule has 2 rings (SSSR count). The van der Waals surface area contributed by atoms with Gasteiger partial charge in [0.2, 0.25) is 0 Å². The minimum Gasteiger partial charge on any atom is -0.370 e. The van der Waals surface area contributed by atoms with Crippen molar-refractivity contribution in [3.05, 3.63) is 24.0 Å². The summed E-state index contributed by atoms with van der Waals surface area (Å²) in [5, 5.41) is 2.75. The van der Waals surface area contributed by atoms with Crippen molar-refractivity contribution < 1.29 is 0 Å². The first-order chi connectivity index (χ1) is 8.69. The van der Waals surface area contributed by atoms with Gasteiger partial charge in [-0.15, -0.1) is 0 Å². The van der Waals surface area contributed by atoms with Crippen LogP contribution in [-0.2, 0) is 0 Å². The van der Waals surface area contributed by atoms with Gasteiger partial charge in [-0.3, -0.25) is 4.98 Å². The smallest absolute Gasteiger partial charge is 0.0552 e. The molecule has 1 aromatic heterocycles. The summed E-state index contributed by atoms with van der Waals surface area (Å²) in [6, 6.07) is 4.38. The number of hydrogen-bond donors (Lipinski definition) is 1. The maximum absolute atomic E-state index is 4.51. The summed E-state index contributed by atoms with van der Waals surface area (Å²) in [5.74, 6) is 0.528. The van der Waals surface area contributed by atoms with Crippen molar-refractivity contribution in [3.8, 4) is 0 Å². The fraction of sp³-hybridized carbons (Fsp3) is 0.667. The zero-order valence-electron chi connectivity index (χ0n) is 12.2. The van der Waals surface area contributed by atoms with Gasteiger partial charge in [-0.2, -0.15) is 0 Å². The lowest BCUT2D eigenvalue weighted by molar-refractivity contribution is 0.577. The standard InChI is InChI=1S/C13H20N2.C2H7N/c1-11(2)13-7-6-12(10-14-13)15-8-4-3-5-9-15;1-3-2/h6-7,10-11H,3-5,8-9H2,1-2H3;3H,1-2H3. The van der Waals surface area contributed by atoms with Gasteiger partial charge in [0, 0.05) is 18.8 Å². The van der Waals surface area contributed by atoms with E-state index in [9.17, 15) is 0 Å². The molecule has 0 amide bonds. The van der Waals surface area contributed by atoms with E-state index >= 15 is 0 Å². The van der Waals surface area contributed by atoms with Crippen LogP contribution < -0.4 is 10.2 Å². The van der Waals surface area contributed by atoms with Crippen molar-refractivity contribution in [2.45, 2.75) is 39.0 Å². The number of aromatic nitrogens is 1. The Balaban J connectivity index is 0.000000492. The van der Waals surface area contributed by atoms with E-state index in [4.69, 9.17) is 0 Å². The predicted molar refractivity (Wildman–Crippen MR) is 79.4 cm³/mol. The third-order valence-corrected chi connectivity index (χ3v) is 3.08. The van der Waals surface area contributed by atoms with Crippen LogP contribution in [0.2, 0.25) is 0 Å². The Hall–Kier alpha value is -1.09. The Labute approximate surface area is 112 Å². The highest BCUT2D eigenvalue weighted by Gasteiger charge is 2.11. The van der Waals surface area contributed by atoms with E-state index in [2.05, 4.69) is 41.2 Å². The van der Waals surface area contributed by atoms with Crippen molar-refractivity contribution in [2.24, 2.45) is 0 Å². The summed E-state index contributed by atoms with van der Waals surface area (Å²) < 4.78 is 0. The number of nitrogens with zero attached hydrogens (tertiary/aromatic N) is 2. The van der Waals surface area contributed by atoms with Crippen molar-refractivity contribution in [2.75, 3.05) is 32.1 Å². The van der Waals surface area contributed by atoms with Crippen LogP contribution in [0.3, 0.4) is 0 Å². The number of piperidine rings is 1. The number of hydrogen-bond acceptors (Lipinski definition) is 3. The van der Waals surface area contributed by atoms with Crippen LogP contribution in [-0.4, -0.2) is 32.2 Å². The Morgan fingerprint density at radius 1 is 1.11 bits per heavy atom. The number of rotatable bonds is 2. The second kappa shape index (κ2) is 8.09. The van der Waals surface area contributed by atoms with Gasteiger partial charge < -0.3 is 10.2 Å².